The maximum Gasteiger partial charge on any atom is 0.227 e. The number of hydrogen-bond donors (Lipinski definition) is 2. The SMILES string of the molecule is CC(C)NC(=O)C(C)c1ccc(CC2(N)CC2)cc1. The van der Waals surface area contributed by atoms with Crippen molar-refractivity contribution in [3.05, 3.63) is 35.4 Å². The van der Waals surface area contributed by atoms with Crippen LogP contribution in [0.3, 0.4) is 0 Å². The van der Waals surface area contributed by atoms with Crippen LogP contribution in [-0.4, -0.2) is 17.5 Å². The zero-order chi connectivity index (χ0) is 14.0. The van der Waals surface area contributed by atoms with Crippen LogP contribution in [0.25, 0.3) is 0 Å². The van der Waals surface area contributed by atoms with Crippen molar-refractivity contribution in [3.8, 4) is 0 Å². The molecule has 3 nitrogen and oxygen atoms in total. The fourth-order valence-electron chi connectivity index (χ4n) is 2.23. The molecule has 0 bridgehead atoms. The summed E-state index contributed by atoms with van der Waals surface area (Å²) in [5, 5.41) is 2.94. The van der Waals surface area contributed by atoms with Gasteiger partial charge in [0.15, 0.2) is 0 Å². The number of benzene rings is 1. The Hall–Kier alpha value is -1.35. The topological polar surface area (TPSA) is 55.1 Å². The molecular weight excluding hydrogens is 236 g/mol. The molecule has 104 valence electrons. The Morgan fingerprint density at radius 3 is 2.32 bits per heavy atom. The van der Waals surface area contributed by atoms with Crippen molar-refractivity contribution >= 4 is 5.91 Å². The van der Waals surface area contributed by atoms with Crippen molar-refractivity contribution in [1.82, 2.24) is 5.32 Å². The quantitative estimate of drug-likeness (QED) is 0.854. The molecule has 1 aromatic rings. The molecule has 3 N–H and O–H groups in total. The molecule has 1 aliphatic carbocycles. The Morgan fingerprint density at radius 2 is 1.84 bits per heavy atom. The average Bonchev–Trinajstić information content (AvgIpc) is 3.06. The number of nitrogens with one attached hydrogen (secondary N) is 1. The highest BCUT2D eigenvalue weighted by Crippen LogP contribution is 2.35. The summed E-state index contributed by atoms with van der Waals surface area (Å²) in [6.45, 7) is 5.89. The van der Waals surface area contributed by atoms with Crippen LogP contribution in [-0.2, 0) is 11.2 Å². The molecule has 1 unspecified atom stereocenters. The summed E-state index contributed by atoms with van der Waals surface area (Å²) in [5.74, 6) is -0.0237. The van der Waals surface area contributed by atoms with Crippen LogP contribution in [0.1, 0.15) is 50.7 Å². The summed E-state index contributed by atoms with van der Waals surface area (Å²) < 4.78 is 0. The first-order valence-corrected chi connectivity index (χ1v) is 7.08. The molecule has 19 heavy (non-hydrogen) atoms. The molecule has 1 amide bonds. The molecule has 1 aromatic carbocycles. The van der Waals surface area contributed by atoms with E-state index in [9.17, 15) is 4.79 Å². The molecule has 0 heterocycles. The Balaban J connectivity index is 1.99. The number of nitrogens with two attached hydrogens (primary N) is 1. The fraction of sp³-hybridized carbons (Fsp3) is 0.562. The molecule has 0 radical (unpaired) electrons. The maximum absolute atomic E-state index is 11.9. The van der Waals surface area contributed by atoms with Gasteiger partial charge in [-0.15, -0.1) is 0 Å². The lowest BCUT2D eigenvalue weighted by Crippen LogP contribution is -2.33. The van der Waals surface area contributed by atoms with Crippen molar-refractivity contribution in [2.24, 2.45) is 5.73 Å². The van der Waals surface area contributed by atoms with Gasteiger partial charge in [0.1, 0.15) is 0 Å². The first-order valence-electron chi connectivity index (χ1n) is 7.08. The normalized spacial score (nSPS) is 18.2. The van der Waals surface area contributed by atoms with Gasteiger partial charge in [0.25, 0.3) is 0 Å². The lowest BCUT2D eigenvalue weighted by atomic mass is 9.96. The van der Waals surface area contributed by atoms with Crippen molar-refractivity contribution in [2.45, 2.75) is 57.5 Å². The minimum atomic E-state index is -0.107. The minimum absolute atomic E-state index is 0.0438. The van der Waals surface area contributed by atoms with Crippen LogP contribution in [0, 0.1) is 0 Å². The second-order valence-electron chi connectivity index (χ2n) is 6.17. The van der Waals surface area contributed by atoms with Crippen LogP contribution in [0.4, 0.5) is 0 Å². The second-order valence-corrected chi connectivity index (χ2v) is 6.17. The van der Waals surface area contributed by atoms with E-state index in [1.54, 1.807) is 0 Å². The lowest BCUT2D eigenvalue weighted by molar-refractivity contribution is -0.122. The smallest absolute Gasteiger partial charge is 0.227 e. The summed E-state index contributed by atoms with van der Waals surface area (Å²) >= 11 is 0. The molecule has 0 aliphatic heterocycles. The molecule has 3 heteroatoms. The molecule has 1 atom stereocenters. The predicted molar refractivity (Wildman–Crippen MR) is 78.0 cm³/mol. The van der Waals surface area contributed by atoms with Gasteiger partial charge >= 0.3 is 0 Å². The zero-order valence-corrected chi connectivity index (χ0v) is 12.1. The van der Waals surface area contributed by atoms with Gasteiger partial charge < -0.3 is 11.1 Å². The van der Waals surface area contributed by atoms with Gasteiger partial charge in [0.2, 0.25) is 5.91 Å². The highest BCUT2D eigenvalue weighted by atomic mass is 16.1. The van der Waals surface area contributed by atoms with Crippen LogP contribution in [0.2, 0.25) is 0 Å². The molecule has 1 saturated carbocycles. The monoisotopic (exact) mass is 260 g/mol. The molecular formula is C16H24N2O. The maximum atomic E-state index is 11.9. The third-order valence-electron chi connectivity index (χ3n) is 3.75. The van der Waals surface area contributed by atoms with Crippen molar-refractivity contribution in [2.75, 3.05) is 0 Å². The van der Waals surface area contributed by atoms with Gasteiger partial charge in [-0.3, -0.25) is 4.79 Å². The fourth-order valence-corrected chi connectivity index (χ4v) is 2.23. The molecule has 0 aromatic heterocycles. The Labute approximate surface area is 115 Å². The summed E-state index contributed by atoms with van der Waals surface area (Å²) in [4.78, 5) is 11.9. The average molecular weight is 260 g/mol. The van der Waals surface area contributed by atoms with E-state index >= 15 is 0 Å². The third kappa shape index (κ3) is 3.80. The van der Waals surface area contributed by atoms with E-state index < -0.39 is 0 Å². The van der Waals surface area contributed by atoms with E-state index in [0.29, 0.717) is 0 Å². The third-order valence-corrected chi connectivity index (χ3v) is 3.75. The minimum Gasteiger partial charge on any atom is -0.353 e. The van der Waals surface area contributed by atoms with Crippen molar-refractivity contribution in [3.63, 3.8) is 0 Å². The van der Waals surface area contributed by atoms with E-state index in [1.165, 1.54) is 5.56 Å². The van der Waals surface area contributed by atoms with Crippen molar-refractivity contribution in [1.29, 1.82) is 0 Å². The summed E-state index contributed by atoms with van der Waals surface area (Å²) in [7, 11) is 0. The van der Waals surface area contributed by atoms with Gasteiger partial charge in [0.05, 0.1) is 5.92 Å². The Bertz CT molecular complexity index is 446. The Kier molecular flexibility index (Phi) is 3.95. The molecule has 2 rings (SSSR count). The second kappa shape index (κ2) is 5.33. The molecule has 0 saturated heterocycles. The van der Waals surface area contributed by atoms with Gasteiger partial charge in [-0.25, -0.2) is 0 Å². The van der Waals surface area contributed by atoms with E-state index in [1.807, 2.05) is 32.9 Å². The molecule has 1 aliphatic rings. The summed E-state index contributed by atoms with van der Waals surface area (Å²) in [6.07, 6.45) is 3.20. The number of carbonyl (C=O) groups is 1. The Morgan fingerprint density at radius 1 is 1.26 bits per heavy atom. The molecule has 0 spiro atoms. The first kappa shape index (κ1) is 14.1. The first-order chi connectivity index (χ1) is 8.89. The number of rotatable bonds is 5. The predicted octanol–water partition coefficient (Wildman–Crippen LogP) is 2.35. The highest BCUT2D eigenvalue weighted by molar-refractivity contribution is 5.83. The highest BCUT2D eigenvalue weighted by Gasteiger charge is 2.37. The van der Waals surface area contributed by atoms with Crippen LogP contribution < -0.4 is 11.1 Å². The van der Waals surface area contributed by atoms with Crippen LogP contribution in [0.15, 0.2) is 24.3 Å². The number of hydrogen-bond acceptors (Lipinski definition) is 2. The van der Waals surface area contributed by atoms with E-state index in [2.05, 4.69) is 17.4 Å². The number of carbonyl (C=O) groups excluding carboxylic acids is 1. The lowest BCUT2D eigenvalue weighted by Gasteiger charge is -2.15. The van der Waals surface area contributed by atoms with Crippen LogP contribution in [0.5, 0.6) is 0 Å². The van der Waals surface area contributed by atoms with E-state index in [-0.39, 0.29) is 23.4 Å². The largest absolute Gasteiger partial charge is 0.353 e. The van der Waals surface area contributed by atoms with Gasteiger partial charge in [-0.1, -0.05) is 24.3 Å². The van der Waals surface area contributed by atoms with E-state index in [4.69, 9.17) is 5.73 Å². The summed E-state index contributed by atoms with van der Waals surface area (Å²) in [5.41, 5.74) is 8.48. The standard InChI is InChI=1S/C16H24N2O/c1-11(2)18-15(19)12(3)14-6-4-13(5-7-14)10-16(17)8-9-16/h4-7,11-12H,8-10,17H2,1-3H3,(H,18,19). The summed E-state index contributed by atoms with van der Waals surface area (Å²) in [6, 6.07) is 8.47. The zero-order valence-electron chi connectivity index (χ0n) is 12.1. The van der Waals surface area contributed by atoms with Crippen molar-refractivity contribution < 1.29 is 4.79 Å². The van der Waals surface area contributed by atoms with Gasteiger partial charge in [0, 0.05) is 11.6 Å². The van der Waals surface area contributed by atoms with Gasteiger partial charge in [-0.05, 0) is 51.2 Å². The van der Waals surface area contributed by atoms with Gasteiger partial charge in [-0.2, -0.15) is 0 Å². The molecule has 1 fully saturated rings. The number of amides is 1. The van der Waals surface area contributed by atoms with E-state index in [0.717, 1.165) is 24.8 Å². The van der Waals surface area contributed by atoms with Crippen LogP contribution >= 0.6 is 0 Å².